The summed E-state index contributed by atoms with van der Waals surface area (Å²) in [5.74, 6) is -0.171. The lowest BCUT2D eigenvalue weighted by atomic mass is 10.1. The highest BCUT2D eigenvalue weighted by Gasteiger charge is 2.33. The summed E-state index contributed by atoms with van der Waals surface area (Å²) in [7, 11) is 0. The second-order valence-electron chi connectivity index (χ2n) is 6.09. The Labute approximate surface area is 150 Å². The van der Waals surface area contributed by atoms with Crippen LogP contribution in [0.5, 0.6) is 0 Å². The molecule has 1 N–H and O–H groups in total. The third-order valence-electron chi connectivity index (χ3n) is 4.37. The molecule has 0 aromatic carbocycles. The second-order valence-corrected chi connectivity index (χ2v) is 6.09. The van der Waals surface area contributed by atoms with Crippen LogP contribution in [0.25, 0.3) is 0 Å². The maximum atomic E-state index is 12.2. The van der Waals surface area contributed by atoms with Crippen LogP contribution < -0.4 is 9.80 Å². The van der Waals surface area contributed by atoms with E-state index in [4.69, 9.17) is 5.11 Å². The minimum Gasteiger partial charge on any atom is -0.478 e. The lowest BCUT2D eigenvalue weighted by Crippen LogP contribution is -2.57. The smallest absolute Gasteiger partial charge is 0.338 e. The highest BCUT2D eigenvalue weighted by Crippen LogP contribution is 2.20. The first kappa shape index (κ1) is 17.7. The predicted molar refractivity (Wildman–Crippen MR) is 94.4 cm³/mol. The van der Waals surface area contributed by atoms with E-state index in [9.17, 15) is 9.59 Å². The summed E-state index contributed by atoms with van der Waals surface area (Å²) in [6, 6.07) is -0.450. The van der Waals surface area contributed by atoms with Gasteiger partial charge < -0.3 is 14.9 Å². The zero-order chi connectivity index (χ0) is 18.7. The number of hydrogen-bond donors (Lipinski definition) is 1. The van der Waals surface area contributed by atoms with Crippen LogP contribution in [0.2, 0.25) is 0 Å². The van der Waals surface area contributed by atoms with Gasteiger partial charge in [-0.05, 0) is 18.9 Å². The Bertz CT molecular complexity index is 793. The van der Waals surface area contributed by atoms with E-state index in [2.05, 4.69) is 19.9 Å². The van der Waals surface area contributed by atoms with Gasteiger partial charge in [0.25, 0.3) is 0 Å². The highest BCUT2D eigenvalue weighted by molar-refractivity contribution is 5.87. The van der Waals surface area contributed by atoms with Gasteiger partial charge in [-0.3, -0.25) is 4.79 Å². The number of piperazine rings is 1. The molecule has 26 heavy (non-hydrogen) atoms. The summed E-state index contributed by atoms with van der Waals surface area (Å²) in [6.07, 6.45) is 6.96. The molecule has 9 nitrogen and oxygen atoms in total. The molecule has 2 aromatic heterocycles. The quantitative estimate of drug-likeness (QED) is 0.831. The van der Waals surface area contributed by atoms with Crippen molar-refractivity contribution in [3.63, 3.8) is 0 Å². The topological polar surface area (TPSA) is 112 Å². The first-order valence-electron chi connectivity index (χ1n) is 8.38. The lowest BCUT2D eigenvalue weighted by Gasteiger charge is -2.40. The Morgan fingerprint density at radius 3 is 2.23 bits per heavy atom. The Morgan fingerprint density at radius 2 is 1.69 bits per heavy atom. The Hall–Kier alpha value is -3.10. The molecule has 0 radical (unpaired) electrons. The Morgan fingerprint density at radius 1 is 1.08 bits per heavy atom. The van der Waals surface area contributed by atoms with Gasteiger partial charge in [-0.15, -0.1) is 0 Å². The van der Waals surface area contributed by atoms with Gasteiger partial charge in [-0.2, -0.15) is 0 Å². The van der Waals surface area contributed by atoms with Gasteiger partial charge in [0, 0.05) is 44.4 Å². The monoisotopic (exact) mass is 356 g/mol. The van der Waals surface area contributed by atoms with E-state index in [1.54, 1.807) is 17.3 Å². The molecule has 0 spiro atoms. The van der Waals surface area contributed by atoms with E-state index in [0.717, 1.165) is 12.0 Å². The molecule has 1 saturated heterocycles. The lowest BCUT2D eigenvalue weighted by molar-refractivity contribution is -0.118. The molecule has 0 unspecified atom stereocenters. The van der Waals surface area contributed by atoms with Crippen LogP contribution in [0, 0.1) is 0 Å². The number of rotatable bonds is 5. The molecule has 0 saturated carbocycles. The van der Waals surface area contributed by atoms with Crippen molar-refractivity contribution < 1.29 is 14.7 Å². The number of carboxylic acids is 1. The summed E-state index contributed by atoms with van der Waals surface area (Å²) in [4.78, 5) is 43.9. The summed E-state index contributed by atoms with van der Waals surface area (Å²) in [6.45, 7) is 5.10. The summed E-state index contributed by atoms with van der Waals surface area (Å²) >= 11 is 0. The zero-order valence-corrected chi connectivity index (χ0v) is 14.7. The first-order chi connectivity index (χ1) is 12.5. The van der Waals surface area contributed by atoms with Gasteiger partial charge in [0.2, 0.25) is 11.9 Å². The highest BCUT2D eigenvalue weighted by atomic mass is 16.4. The molecule has 1 aliphatic rings. The van der Waals surface area contributed by atoms with Gasteiger partial charge in [-0.25, -0.2) is 24.7 Å². The average Bonchev–Trinajstić information content (AvgIpc) is 2.67. The number of aryl methyl sites for hydroxylation is 1. The van der Waals surface area contributed by atoms with E-state index in [0.29, 0.717) is 31.5 Å². The third-order valence-corrected chi connectivity index (χ3v) is 4.37. The van der Waals surface area contributed by atoms with Crippen LogP contribution >= 0.6 is 0 Å². The molecule has 1 fully saturated rings. The predicted octanol–water partition coefficient (Wildman–Crippen LogP) is 0.811. The number of Topliss-reactive ketones (excluding diaryl/α,β-unsaturated/α-hetero) is 1. The molecule has 0 aliphatic carbocycles. The minimum atomic E-state index is -1.09. The molecule has 3 heterocycles. The van der Waals surface area contributed by atoms with Crippen LogP contribution in [0.15, 0.2) is 24.8 Å². The number of carbonyl (C=O) groups excluding carboxylic acids is 1. The molecule has 1 aliphatic heterocycles. The number of aromatic carboxylic acids is 1. The maximum Gasteiger partial charge on any atom is 0.338 e. The van der Waals surface area contributed by atoms with Gasteiger partial charge in [0.1, 0.15) is 6.04 Å². The number of carbonyl (C=O) groups is 2. The maximum absolute atomic E-state index is 12.2. The van der Waals surface area contributed by atoms with Crippen molar-refractivity contribution in [2.45, 2.75) is 26.3 Å². The zero-order valence-electron chi connectivity index (χ0n) is 14.7. The molecule has 0 bridgehead atoms. The Kier molecular flexibility index (Phi) is 5.06. The SMILES string of the molecule is CCc1cnc(N2CCN(c3ncc(C(=O)O)cn3)[C@H](C(C)=O)C2)nc1. The number of nitrogens with zero attached hydrogens (tertiary/aromatic N) is 6. The molecular formula is C17H20N6O3. The van der Waals surface area contributed by atoms with Crippen LogP contribution in [-0.2, 0) is 11.2 Å². The second kappa shape index (κ2) is 7.42. The van der Waals surface area contributed by atoms with Gasteiger partial charge in [0.05, 0.1) is 5.56 Å². The van der Waals surface area contributed by atoms with E-state index in [1.807, 2.05) is 11.8 Å². The molecular weight excluding hydrogens is 336 g/mol. The third kappa shape index (κ3) is 3.61. The van der Waals surface area contributed by atoms with Crippen molar-refractivity contribution in [2.24, 2.45) is 0 Å². The van der Waals surface area contributed by atoms with E-state index in [-0.39, 0.29) is 11.3 Å². The van der Waals surface area contributed by atoms with Gasteiger partial charge in [-0.1, -0.05) is 6.92 Å². The molecule has 0 amide bonds. The summed E-state index contributed by atoms with van der Waals surface area (Å²) in [5.41, 5.74) is 1.07. The summed E-state index contributed by atoms with van der Waals surface area (Å²) in [5, 5.41) is 8.96. The largest absolute Gasteiger partial charge is 0.478 e. The molecule has 9 heteroatoms. The number of ketones is 1. The first-order valence-corrected chi connectivity index (χ1v) is 8.38. The number of hydrogen-bond acceptors (Lipinski definition) is 8. The fourth-order valence-corrected chi connectivity index (χ4v) is 2.83. The molecule has 2 aromatic rings. The van der Waals surface area contributed by atoms with E-state index in [1.165, 1.54) is 19.3 Å². The van der Waals surface area contributed by atoms with Crippen molar-refractivity contribution >= 4 is 23.6 Å². The minimum absolute atomic E-state index is 0.0103. The number of anilines is 2. The number of aromatic nitrogens is 4. The fourth-order valence-electron chi connectivity index (χ4n) is 2.83. The molecule has 3 rings (SSSR count). The molecule has 1 atom stereocenters. The van der Waals surface area contributed by atoms with Gasteiger partial charge >= 0.3 is 5.97 Å². The normalized spacial score (nSPS) is 17.2. The molecule has 136 valence electrons. The van der Waals surface area contributed by atoms with Crippen LogP contribution in [0.4, 0.5) is 11.9 Å². The van der Waals surface area contributed by atoms with E-state index >= 15 is 0 Å². The van der Waals surface area contributed by atoms with Crippen LogP contribution in [0.1, 0.15) is 29.8 Å². The van der Waals surface area contributed by atoms with Crippen LogP contribution in [0.3, 0.4) is 0 Å². The summed E-state index contributed by atoms with van der Waals surface area (Å²) < 4.78 is 0. The van der Waals surface area contributed by atoms with Crippen molar-refractivity contribution in [3.8, 4) is 0 Å². The standard InChI is InChI=1S/C17H20N6O3/c1-3-12-6-18-16(19-7-12)22-4-5-23(14(10-22)11(2)24)17-20-8-13(9-21-17)15(25)26/h6-9,14H,3-5,10H2,1-2H3,(H,25,26)/t14-/m0/s1. The number of carboxylic acid groups (broad SMARTS) is 1. The van der Waals surface area contributed by atoms with Crippen molar-refractivity contribution in [3.05, 3.63) is 35.9 Å². The average molecular weight is 356 g/mol. The Balaban J connectivity index is 1.79. The van der Waals surface area contributed by atoms with E-state index < -0.39 is 12.0 Å². The van der Waals surface area contributed by atoms with Crippen LogP contribution in [-0.4, -0.2) is 62.5 Å². The fraction of sp³-hybridized carbons (Fsp3) is 0.412. The van der Waals surface area contributed by atoms with Crippen molar-refractivity contribution in [1.82, 2.24) is 19.9 Å². The van der Waals surface area contributed by atoms with Crippen molar-refractivity contribution in [2.75, 3.05) is 29.4 Å². The van der Waals surface area contributed by atoms with Gasteiger partial charge in [0.15, 0.2) is 5.78 Å². The van der Waals surface area contributed by atoms with Crippen molar-refractivity contribution in [1.29, 1.82) is 0 Å².